The van der Waals surface area contributed by atoms with Gasteiger partial charge < -0.3 is 10.1 Å². The second-order valence-corrected chi connectivity index (χ2v) is 4.84. The summed E-state index contributed by atoms with van der Waals surface area (Å²) >= 11 is 1.43. The second kappa shape index (κ2) is 6.21. The summed E-state index contributed by atoms with van der Waals surface area (Å²) in [5.74, 6) is 0.781. The fourth-order valence-electron chi connectivity index (χ4n) is 1.46. The maximum Gasteiger partial charge on any atom is 0.261 e. The van der Waals surface area contributed by atoms with Gasteiger partial charge in [0.05, 0.1) is 11.4 Å². The van der Waals surface area contributed by atoms with E-state index in [-0.39, 0.29) is 5.91 Å². The van der Waals surface area contributed by atoms with E-state index in [4.69, 9.17) is 4.74 Å². The van der Waals surface area contributed by atoms with Crippen molar-refractivity contribution in [2.24, 2.45) is 0 Å². The summed E-state index contributed by atoms with van der Waals surface area (Å²) in [5, 5.41) is 4.70. The molecule has 4 heteroatoms. The van der Waals surface area contributed by atoms with Crippen LogP contribution in [-0.4, -0.2) is 19.1 Å². The zero-order chi connectivity index (χ0) is 12.8. The molecule has 1 aromatic heterocycles. The molecule has 2 aromatic rings. The summed E-state index contributed by atoms with van der Waals surface area (Å²) in [7, 11) is 0. The van der Waals surface area contributed by atoms with Crippen molar-refractivity contribution in [1.29, 1.82) is 0 Å². The first-order valence-electron chi connectivity index (χ1n) is 5.77. The minimum absolute atomic E-state index is 0.0440. The number of ether oxygens (including phenoxy) is 1. The number of carbonyl (C=O) groups is 1. The van der Waals surface area contributed by atoms with Crippen LogP contribution in [0.25, 0.3) is 0 Å². The van der Waals surface area contributed by atoms with E-state index in [0.717, 1.165) is 10.6 Å². The highest BCUT2D eigenvalue weighted by molar-refractivity contribution is 7.12. The van der Waals surface area contributed by atoms with E-state index in [1.807, 2.05) is 42.6 Å². The van der Waals surface area contributed by atoms with Crippen molar-refractivity contribution in [3.63, 3.8) is 0 Å². The van der Waals surface area contributed by atoms with E-state index in [0.29, 0.717) is 13.2 Å². The van der Waals surface area contributed by atoms with Gasteiger partial charge in [-0.1, -0.05) is 23.8 Å². The van der Waals surface area contributed by atoms with Gasteiger partial charge in [-0.2, -0.15) is 0 Å². The normalized spacial score (nSPS) is 10.1. The van der Waals surface area contributed by atoms with E-state index in [9.17, 15) is 4.79 Å². The summed E-state index contributed by atoms with van der Waals surface area (Å²) in [6, 6.07) is 11.5. The summed E-state index contributed by atoms with van der Waals surface area (Å²) in [5.41, 5.74) is 1.20. The third kappa shape index (κ3) is 3.60. The largest absolute Gasteiger partial charge is 0.492 e. The van der Waals surface area contributed by atoms with Crippen molar-refractivity contribution in [1.82, 2.24) is 5.32 Å². The molecule has 3 nitrogen and oxygen atoms in total. The molecule has 0 spiro atoms. The number of hydrogen-bond acceptors (Lipinski definition) is 3. The number of hydrogen-bond donors (Lipinski definition) is 1. The van der Waals surface area contributed by atoms with Crippen LogP contribution in [0.3, 0.4) is 0 Å². The topological polar surface area (TPSA) is 38.3 Å². The third-order valence-electron chi connectivity index (χ3n) is 2.42. The highest BCUT2D eigenvalue weighted by Crippen LogP contribution is 2.11. The molecule has 0 aliphatic heterocycles. The molecule has 2 rings (SSSR count). The van der Waals surface area contributed by atoms with Crippen LogP contribution in [0.2, 0.25) is 0 Å². The molecule has 1 amide bonds. The fourth-order valence-corrected chi connectivity index (χ4v) is 2.10. The van der Waals surface area contributed by atoms with Gasteiger partial charge in [0, 0.05) is 0 Å². The number of aryl methyl sites for hydroxylation is 1. The maximum atomic E-state index is 11.6. The lowest BCUT2D eigenvalue weighted by Gasteiger charge is -2.07. The molecule has 0 atom stereocenters. The fraction of sp³-hybridized carbons (Fsp3) is 0.214. The Morgan fingerprint density at radius 3 is 2.72 bits per heavy atom. The Morgan fingerprint density at radius 1 is 1.28 bits per heavy atom. The second-order valence-electron chi connectivity index (χ2n) is 3.89. The van der Waals surface area contributed by atoms with Crippen LogP contribution >= 0.6 is 11.3 Å². The molecule has 0 aliphatic carbocycles. The highest BCUT2D eigenvalue weighted by atomic mass is 32.1. The molecule has 0 saturated carbocycles. The predicted octanol–water partition coefficient (Wildman–Crippen LogP) is 2.87. The van der Waals surface area contributed by atoms with E-state index in [2.05, 4.69) is 5.32 Å². The van der Waals surface area contributed by atoms with Gasteiger partial charge in [0.1, 0.15) is 12.4 Å². The first-order valence-corrected chi connectivity index (χ1v) is 6.65. The number of amides is 1. The van der Waals surface area contributed by atoms with Crippen molar-refractivity contribution < 1.29 is 9.53 Å². The van der Waals surface area contributed by atoms with Crippen molar-refractivity contribution in [3.8, 4) is 5.75 Å². The minimum atomic E-state index is -0.0440. The molecular formula is C14H15NO2S. The van der Waals surface area contributed by atoms with Gasteiger partial charge in [-0.25, -0.2) is 0 Å². The zero-order valence-corrected chi connectivity index (χ0v) is 11.0. The average Bonchev–Trinajstić information content (AvgIpc) is 2.90. The van der Waals surface area contributed by atoms with Crippen LogP contribution in [0.15, 0.2) is 41.8 Å². The van der Waals surface area contributed by atoms with Crippen LogP contribution in [-0.2, 0) is 0 Å². The Hall–Kier alpha value is -1.81. The van der Waals surface area contributed by atoms with Gasteiger partial charge in [0.25, 0.3) is 5.91 Å². The van der Waals surface area contributed by atoms with E-state index in [1.54, 1.807) is 6.07 Å². The molecule has 0 radical (unpaired) electrons. The Labute approximate surface area is 110 Å². The summed E-state index contributed by atoms with van der Waals surface area (Å²) < 4.78 is 5.52. The van der Waals surface area contributed by atoms with E-state index in [1.165, 1.54) is 16.9 Å². The molecule has 0 saturated heterocycles. The quantitative estimate of drug-likeness (QED) is 0.840. The van der Waals surface area contributed by atoms with Crippen LogP contribution < -0.4 is 10.1 Å². The Morgan fingerprint density at radius 2 is 2.06 bits per heavy atom. The number of benzene rings is 1. The summed E-state index contributed by atoms with van der Waals surface area (Å²) in [6.45, 7) is 3.01. The van der Waals surface area contributed by atoms with Crippen LogP contribution in [0.4, 0.5) is 0 Å². The van der Waals surface area contributed by atoms with Gasteiger partial charge in [0.15, 0.2) is 0 Å². The van der Waals surface area contributed by atoms with Crippen molar-refractivity contribution in [2.45, 2.75) is 6.92 Å². The number of thiophene rings is 1. The first-order chi connectivity index (χ1) is 8.75. The number of nitrogens with one attached hydrogen (secondary N) is 1. The van der Waals surface area contributed by atoms with Crippen molar-refractivity contribution in [3.05, 3.63) is 52.2 Å². The molecule has 0 unspecified atom stereocenters. The lowest BCUT2D eigenvalue weighted by molar-refractivity contribution is 0.0951. The number of carbonyl (C=O) groups excluding carboxylic acids is 1. The summed E-state index contributed by atoms with van der Waals surface area (Å²) in [6.07, 6.45) is 0. The van der Waals surface area contributed by atoms with Crippen LogP contribution in [0.5, 0.6) is 5.75 Å². The minimum Gasteiger partial charge on any atom is -0.492 e. The monoisotopic (exact) mass is 261 g/mol. The first kappa shape index (κ1) is 12.6. The van der Waals surface area contributed by atoms with Crippen molar-refractivity contribution >= 4 is 17.2 Å². The molecule has 1 aromatic carbocycles. The van der Waals surface area contributed by atoms with Gasteiger partial charge in [-0.3, -0.25) is 4.79 Å². The molecule has 1 heterocycles. The SMILES string of the molecule is Cc1ccc(OCCNC(=O)c2cccs2)cc1. The zero-order valence-electron chi connectivity index (χ0n) is 10.2. The molecule has 18 heavy (non-hydrogen) atoms. The van der Waals surface area contributed by atoms with Gasteiger partial charge in [-0.05, 0) is 30.5 Å². The Bertz CT molecular complexity index is 491. The van der Waals surface area contributed by atoms with Gasteiger partial charge in [-0.15, -0.1) is 11.3 Å². The highest BCUT2D eigenvalue weighted by Gasteiger charge is 2.04. The molecule has 0 aliphatic rings. The Balaban J connectivity index is 1.70. The van der Waals surface area contributed by atoms with Gasteiger partial charge >= 0.3 is 0 Å². The molecule has 0 fully saturated rings. The smallest absolute Gasteiger partial charge is 0.261 e. The van der Waals surface area contributed by atoms with Crippen molar-refractivity contribution in [2.75, 3.05) is 13.2 Å². The molecule has 94 valence electrons. The maximum absolute atomic E-state index is 11.6. The van der Waals surface area contributed by atoms with E-state index >= 15 is 0 Å². The lowest BCUT2D eigenvalue weighted by Crippen LogP contribution is -2.27. The predicted molar refractivity (Wildman–Crippen MR) is 73.3 cm³/mol. The van der Waals surface area contributed by atoms with Crippen LogP contribution in [0.1, 0.15) is 15.2 Å². The standard InChI is InChI=1S/C14H15NO2S/c1-11-4-6-12(7-5-11)17-9-8-15-14(16)13-3-2-10-18-13/h2-7,10H,8-9H2,1H3,(H,15,16). The molecular weight excluding hydrogens is 246 g/mol. The molecule has 0 bridgehead atoms. The average molecular weight is 261 g/mol. The van der Waals surface area contributed by atoms with Gasteiger partial charge in [0.2, 0.25) is 0 Å². The summed E-state index contributed by atoms with van der Waals surface area (Å²) in [4.78, 5) is 12.3. The Kier molecular flexibility index (Phi) is 4.36. The van der Waals surface area contributed by atoms with E-state index < -0.39 is 0 Å². The third-order valence-corrected chi connectivity index (χ3v) is 3.29. The number of rotatable bonds is 5. The van der Waals surface area contributed by atoms with Crippen LogP contribution in [0, 0.1) is 6.92 Å². The lowest BCUT2D eigenvalue weighted by atomic mass is 10.2. The molecule has 1 N–H and O–H groups in total.